The fourth-order valence-corrected chi connectivity index (χ4v) is 3.27. The quantitative estimate of drug-likeness (QED) is 0.739. The standard InChI is InChI=1S/C9H11BrOS/c10-9-6-12-5-8(9)7-2-1-3-11-4-7/h5-7H,1-4H2. The van der Waals surface area contributed by atoms with E-state index in [2.05, 4.69) is 26.7 Å². The van der Waals surface area contributed by atoms with Gasteiger partial charge < -0.3 is 4.74 Å². The summed E-state index contributed by atoms with van der Waals surface area (Å²) in [5, 5.41) is 4.37. The molecule has 0 amide bonds. The number of hydrogen-bond donors (Lipinski definition) is 0. The maximum Gasteiger partial charge on any atom is 0.0535 e. The molecule has 0 spiro atoms. The highest BCUT2D eigenvalue weighted by Gasteiger charge is 2.18. The molecule has 12 heavy (non-hydrogen) atoms. The molecule has 0 radical (unpaired) electrons. The van der Waals surface area contributed by atoms with E-state index in [1.165, 1.54) is 22.9 Å². The molecule has 1 aromatic heterocycles. The molecule has 0 aromatic carbocycles. The van der Waals surface area contributed by atoms with E-state index in [1.807, 2.05) is 0 Å². The first-order valence-corrected chi connectivity index (χ1v) is 5.91. The molecule has 1 fully saturated rings. The lowest BCUT2D eigenvalue weighted by molar-refractivity contribution is 0.0804. The first kappa shape index (κ1) is 8.73. The predicted octanol–water partition coefficient (Wildman–Crippen LogP) is 3.40. The number of ether oxygens (including phenoxy) is 1. The Kier molecular flexibility index (Phi) is 2.84. The summed E-state index contributed by atoms with van der Waals surface area (Å²) in [5.41, 5.74) is 1.43. The Labute approximate surface area is 84.9 Å². The minimum absolute atomic E-state index is 0.624. The molecule has 1 aromatic rings. The monoisotopic (exact) mass is 246 g/mol. The van der Waals surface area contributed by atoms with Crippen molar-refractivity contribution < 1.29 is 4.74 Å². The molecule has 1 aliphatic rings. The predicted molar refractivity (Wildman–Crippen MR) is 54.8 cm³/mol. The molecule has 0 bridgehead atoms. The normalized spacial score (nSPS) is 24.2. The van der Waals surface area contributed by atoms with Gasteiger partial charge in [-0.1, -0.05) is 0 Å². The summed E-state index contributed by atoms with van der Waals surface area (Å²) in [6, 6.07) is 0. The maximum absolute atomic E-state index is 5.44. The van der Waals surface area contributed by atoms with Crippen LogP contribution in [0.25, 0.3) is 0 Å². The molecule has 1 aliphatic heterocycles. The maximum atomic E-state index is 5.44. The van der Waals surface area contributed by atoms with Crippen molar-refractivity contribution in [2.24, 2.45) is 0 Å². The highest BCUT2D eigenvalue weighted by Crippen LogP contribution is 2.33. The Hall–Kier alpha value is 0.140. The van der Waals surface area contributed by atoms with Gasteiger partial charge in [-0.05, 0) is 39.7 Å². The average Bonchev–Trinajstić information content (AvgIpc) is 2.53. The molecular formula is C9H11BrOS. The number of halogens is 1. The Bertz CT molecular complexity index is 253. The molecule has 1 unspecified atom stereocenters. The molecule has 1 saturated heterocycles. The Morgan fingerprint density at radius 3 is 3.00 bits per heavy atom. The SMILES string of the molecule is Brc1cscc1C1CCCOC1. The fourth-order valence-electron chi connectivity index (χ4n) is 1.57. The largest absolute Gasteiger partial charge is 0.381 e. The second-order valence-electron chi connectivity index (χ2n) is 3.09. The third-order valence-electron chi connectivity index (χ3n) is 2.24. The fraction of sp³-hybridized carbons (Fsp3) is 0.556. The molecule has 3 heteroatoms. The first-order valence-electron chi connectivity index (χ1n) is 4.17. The lowest BCUT2D eigenvalue weighted by Gasteiger charge is -2.21. The van der Waals surface area contributed by atoms with Gasteiger partial charge in [-0.3, -0.25) is 0 Å². The number of hydrogen-bond acceptors (Lipinski definition) is 2. The van der Waals surface area contributed by atoms with Gasteiger partial charge in [-0.2, -0.15) is 11.3 Å². The number of thiophene rings is 1. The highest BCUT2D eigenvalue weighted by atomic mass is 79.9. The van der Waals surface area contributed by atoms with Gasteiger partial charge in [0.25, 0.3) is 0 Å². The van der Waals surface area contributed by atoms with Crippen LogP contribution in [0.4, 0.5) is 0 Å². The van der Waals surface area contributed by atoms with Crippen LogP contribution in [0.15, 0.2) is 15.2 Å². The van der Waals surface area contributed by atoms with Crippen molar-refractivity contribution in [3.05, 3.63) is 20.8 Å². The molecule has 0 N–H and O–H groups in total. The summed E-state index contributed by atoms with van der Waals surface area (Å²) in [4.78, 5) is 0. The van der Waals surface area contributed by atoms with Crippen molar-refractivity contribution >= 4 is 27.3 Å². The van der Waals surface area contributed by atoms with E-state index in [-0.39, 0.29) is 0 Å². The summed E-state index contributed by atoms with van der Waals surface area (Å²) in [7, 11) is 0. The van der Waals surface area contributed by atoms with Crippen LogP contribution in [-0.2, 0) is 4.74 Å². The molecule has 1 atom stereocenters. The Balaban J connectivity index is 2.13. The van der Waals surface area contributed by atoms with Gasteiger partial charge in [0, 0.05) is 22.4 Å². The van der Waals surface area contributed by atoms with Crippen LogP contribution < -0.4 is 0 Å². The van der Waals surface area contributed by atoms with Crippen LogP contribution >= 0.6 is 27.3 Å². The summed E-state index contributed by atoms with van der Waals surface area (Å²) in [6.45, 7) is 1.84. The van der Waals surface area contributed by atoms with E-state index in [1.54, 1.807) is 11.3 Å². The van der Waals surface area contributed by atoms with E-state index in [4.69, 9.17) is 4.74 Å². The molecular weight excluding hydrogens is 236 g/mol. The minimum atomic E-state index is 0.624. The Morgan fingerprint density at radius 1 is 1.50 bits per heavy atom. The summed E-state index contributed by atoms with van der Waals surface area (Å²) < 4.78 is 6.70. The van der Waals surface area contributed by atoms with Crippen LogP contribution in [0.1, 0.15) is 24.3 Å². The molecule has 1 nitrogen and oxygen atoms in total. The van der Waals surface area contributed by atoms with Crippen LogP contribution in [0, 0.1) is 0 Å². The van der Waals surface area contributed by atoms with Gasteiger partial charge in [0.1, 0.15) is 0 Å². The molecule has 2 heterocycles. The van der Waals surface area contributed by atoms with Gasteiger partial charge in [-0.25, -0.2) is 0 Å². The van der Waals surface area contributed by atoms with E-state index in [0.717, 1.165) is 13.2 Å². The zero-order valence-electron chi connectivity index (χ0n) is 6.75. The van der Waals surface area contributed by atoms with Crippen molar-refractivity contribution in [3.63, 3.8) is 0 Å². The van der Waals surface area contributed by atoms with Gasteiger partial charge in [-0.15, -0.1) is 0 Å². The van der Waals surface area contributed by atoms with E-state index >= 15 is 0 Å². The minimum Gasteiger partial charge on any atom is -0.381 e. The zero-order chi connectivity index (χ0) is 8.39. The first-order chi connectivity index (χ1) is 5.88. The zero-order valence-corrected chi connectivity index (χ0v) is 9.16. The van der Waals surface area contributed by atoms with Gasteiger partial charge >= 0.3 is 0 Å². The van der Waals surface area contributed by atoms with Crippen LogP contribution in [0.3, 0.4) is 0 Å². The van der Waals surface area contributed by atoms with Crippen molar-refractivity contribution in [1.82, 2.24) is 0 Å². The van der Waals surface area contributed by atoms with Crippen molar-refractivity contribution in [1.29, 1.82) is 0 Å². The molecule has 2 rings (SSSR count). The summed E-state index contributed by atoms with van der Waals surface area (Å²) >= 11 is 5.31. The molecule has 66 valence electrons. The summed E-state index contributed by atoms with van der Waals surface area (Å²) in [5.74, 6) is 0.624. The van der Waals surface area contributed by atoms with E-state index in [9.17, 15) is 0 Å². The third kappa shape index (κ3) is 1.73. The third-order valence-corrected chi connectivity index (χ3v) is 3.99. The van der Waals surface area contributed by atoms with Gasteiger partial charge in [0.2, 0.25) is 0 Å². The van der Waals surface area contributed by atoms with Crippen molar-refractivity contribution in [2.45, 2.75) is 18.8 Å². The van der Waals surface area contributed by atoms with E-state index in [0.29, 0.717) is 5.92 Å². The van der Waals surface area contributed by atoms with Gasteiger partial charge in [0.05, 0.1) is 6.61 Å². The smallest absolute Gasteiger partial charge is 0.0535 e. The summed E-state index contributed by atoms with van der Waals surface area (Å²) in [6.07, 6.45) is 2.47. The van der Waals surface area contributed by atoms with E-state index < -0.39 is 0 Å². The highest BCUT2D eigenvalue weighted by molar-refractivity contribution is 9.10. The van der Waals surface area contributed by atoms with Crippen molar-refractivity contribution in [2.75, 3.05) is 13.2 Å². The Morgan fingerprint density at radius 2 is 2.42 bits per heavy atom. The lowest BCUT2D eigenvalue weighted by atomic mass is 9.96. The number of rotatable bonds is 1. The second kappa shape index (κ2) is 3.90. The molecule has 0 saturated carbocycles. The van der Waals surface area contributed by atoms with Crippen LogP contribution in [0.2, 0.25) is 0 Å². The van der Waals surface area contributed by atoms with Crippen LogP contribution in [0.5, 0.6) is 0 Å². The van der Waals surface area contributed by atoms with Gasteiger partial charge in [0.15, 0.2) is 0 Å². The molecule has 0 aliphatic carbocycles. The second-order valence-corrected chi connectivity index (χ2v) is 4.69. The topological polar surface area (TPSA) is 9.23 Å². The average molecular weight is 247 g/mol. The van der Waals surface area contributed by atoms with Crippen molar-refractivity contribution in [3.8, 4) is 0 Å². The van der Waals surface area contributed by atoms with Crippen LogP contribution in [-0.4, -0.2) is 13.2 Å². The lowest BCUT2D eigenvalue weighted by Crippen LogP contribution is -2.15.